The normalized spacial score (nSPS) is 13.8. The number of carbonyl (C=O) groups excluding carboxylic acids is 3. The molecule has 196 valence electrons. The molecule has 0 aliphatic rings. The Morgan fingerprint density at radius 1 is 0.972 bits per heavy atom. The first-order valence-electron chi connectivity index (χ1n) is 12.4. The van der Waals surface area contributed by atoms with Crippen molar-refractivity contribution in [3.05, 3.63) is 64.7 Å². The van der Waals surface area contributed by atoms with Gasteiger partial charge in [0.1, 0.15) is 17.7 Å². The lowest BCUT2D eigenvalue weighted by atomic mass is 9.95. The fourth-order valence-corrected chi connectivity index (χ4v) is 3.86. The molecule has 7 nitrogen and oxygen atoms in total. The molecule has 2 rings (SSSR count). The number of para-hydroxylation sites is 1. The van der Waals surface area contributed by atoms with Crippen LogP contribution in [-0.2, 0) is 14.3 Å². The van der Waals surface area contributed by atoms with Gasteiger partial charge in [0.15, 0.2) is 0 Å². The first-order valence-corrected chi connectivity index (χ1v) is 12.4. The minimum absolute atomic E-state index is 0.174. The van der Waals surface area contributed by atoms with E-state index < -0.39 is 23.8 Å². The van der Waals surface area contributed by atoms with Gasteiger partial charge in [-0.05, 0) is 75.8 Å². The van der Waals surface area contributed by atoms with Gasteiger partial charge in [-0.15, -0.1) is 0 Å². The molecular formula is C29H41N3O4. The second-order valence-corrected chi connectivity index (χ2v) is 10.5. The molecular weight excluding hydrogens is 454 g/mol. The third-order valence-electron chi connectivity index (χ3n) is 6.38. The van der Waals surface area contributed by atoms with Crippen LogP contribution in [0.1, 0.15) is 69.3 Å². The predicted octanol–water partition coefficient (Wildman–Crippen LogP) is 5.69. The lowest BCUT2D eigenvalue weighted by Gasteiger charge is -2.33. The van der Waals surface area contributed by atoms with Crippen molar-refractivity contribution in [2.45, 2.75) is 79.5 Å². The highest BCUT2D eigenvalue weighted by molar-refractivity contribution is 5.99. The van der Waals surface area contributed by atoms with Crippen LogP contribution in [0.5, 0.6) is 0 Å². The predicted molar refractivity (Wildman–Crippen MR) is 144 cm³/mol. The van der Waals surface area contributed by atoms with Gasteiger partial charge < -0.3 is 20.3 Å². The Kier molecular flexibility index (Phi) is 9.68. The largest absolute Gasteiger partial charge is 0.444 e. The van der Waals surface area contributed by atoms with Crippen molar-refractivity contribution in [3.8, 4) is 0 Å². The van der Waals surface area contributed by atoms with E-state index in [4.69, 9.17) is 4.74 Å². The molecule has 0 radical (unpaired) electrons. The van der Waals surface area contributed by atoms with Gasteiger partial charge in [0.2, 0.25) is 5.91 Å². The van der Waals surface area contributed by atoms with Crippen LogP contribution in [-0.4, -0.2) is 41.5 Å². The van der Waals surface area contributed by atoms with Gasteiger partial charge in [0.25, 0.3) is 5.91 Å². The molecule has 0 bridgehead atoms. The molecule has 3 atom stereocenters. The molecule has 0 aliphatic carbocycles. The van der Waals surface area contributed by atoms with Gasteiger partial charge in [-0.1, -0.05) is 56.7 Å². The number of amides is 3. The Balaban J connectivity index is 2.45. The number of hydrogen-bond acceptors (Lipinski definition) is 4. The van der Waals surface area contributed by atoms with E-state index in [0.717, 1.165) is 16.7 Å². The average Bonchev–Trinajstić information content (AvgIpc) is 2.79. The summed E-state index contributed by atoms with van der Waals surface area (Å²) in [6.45, 7) is 15.0. The molecule has 0 heterocycles. The summed E-state index contributed by atoms with van der Waals surface area (Å²) >= 11 is 0. The molecule has 7 heteroatoms. The Labute approximate surface area is 215 Å². The number of anilines is 1. The molecule has 0 aliphatic heterocycles. The average molecular weight is 496 g/mol. The standard InChI is InChI=1S/C29H41N3O4/c1-10-18(2)24(31-28(35)36-29(6,7)8)27(34)32(9)25(22-16-15-19(3)21(5)17-22)26(33)30-23-14-12-11-13-20(23)4/h11-18,24-25H,10H2,1-9H3,(H,30,33)(H,31,35). The molecule has 2 N–H and O–H groups in total. The van der Waals surface area contributed by atoms with Crippen molar-refractivity contribution in [1.29, 1.82) is 0 Å². The number of hydrogen-bond donors (Lipinski definition) is 2. The second kappa shape index (κ2) is 12.1. The van der Waals surface area contributed by atoms with Crippen LogP contribution in [0.3, 0.4) is 0 Å². The van der Waals surface area contributed by atoms with E-state index in [9.17, 15) is 14.4 Å². The lowest BCUT2D eigenvalue weighted by Crippen LogP contribution is -2.53. The van der Waals surface area contributed by atoms with Crippen molar-refractivity contribution in [2.24, 2.45) is 5.92 Å². The highest BCUT2D eigenvalue weighted by Crippen LogP contribution is 2.27. The quantitative estimate of drug-likeness (QED) is 0.492. The number of aryl methyl sites for hydroxylation is 3. The highest BCUT2D eigenvalue weighted by atomic mass is 16.6. The summed E-state index contributed by atoms with van der Waals surface area (Å²) in [5.41, 5.74) is 3.71. The first kappa shape index (κ1) is 28.9. The fourth-order valence-electron chi connectivity index (χ4n) is 3.86. The van der Waals surface area contributed by atoms with E-state index in [1.165, 1.54) is 4.90 Å². The van der Waals surface area contributed by atoms with Crippen molar-refractivity contribution in [1.82, 2.24) is 10.2 Å². The zero-order chi connectivity index (χ0) is 27.2. The molecule has 0 fully saturated rings. The maximum Gasteiger partial charge on any atom is 0.408 e. The van der Waals surface area contributed by atoms with E-state index in [0.29, 0.717) is 17.7 Å². The Hall–Kier alpha value is -3.35. The summed E-state index contributed by atoms with van der Waals surface area (Å²) in [6.07, 6.45) is -0.00864. The van der Waals surface area contributed by atoms with Gasteiger partial charge >= 0.3 is 6.09 Å². The minimum atomic E-state index is -0.900. The Bertz CT molecular complexity index is 1090. The summed E-state index contributed by atoms with van der Waals surface area (Å²) in [5.74, 6) is -0.866. The molecule has 3 unspecified atom stereocenters. The molecule has 0 spiro atoms. The van der Waals surface area contributed by atoms with Crippen LogP contribution in [0.2, 0.25) is 0 Å². The van der Waals surface area contributed by atoms with Gasteiger partial charge in [-0.2, -0.15) is 0 Å². The van der Waals surface area contributed by atoms with Gasteiger partial charge in [0.05, 0.1) is 0 Å². The van der Waals surface area contributed by atoms with Crippen molar-refractivity contribution in [2.75, 3.05) is 12.4 Å². The summed E-state index contributed by atoms with van der Waals surface area (Å²) in [5, 5.41) is 5.73. The zero-order valence-corrected chi connectivity index (χ0v) is 23.1. The Morgan fingerprint density at radius 3 is 2.17 bits per heavy atom. The summed E-state index contributed by atoms with van der Waals surface area (Å²) in [6, 6.07) is 11.5. The van der Waals surface area contributed by atoms with Crippen LogP contribution in [0.4, 0.5) is 10.5 Å². The van der Waals surface area contributed by atoms with Crippen molar-refractivity contribution in [3.63, 3.8) is 0 Å². The van der Waals surface area contributed by atoms with E-state index in [1.807, 2.05) is 77.1 Å². The van der Waals surface area contributed by atoms with E-state index in [1.54, 1.807) is 27.8 Å². The van der Waals surface area contributed by atoms with Crippen LogP contribution in [0.25, 0.3) is 0 Å². The smallest absolute Gasteiger partial charge is 0.408 e. The van der Waals surface area contributed by atoms with Crippen molar-refractivity contribution < 1.29 is 19.1 Å². The molecule has 0 aromatic heterocycles. The van der Waals surface area contributed by atoms with Gasteiger partial charge in [-0.25, -0.2) is 4.79 Å². The van der Waals surface area contributed by atoms with Gasteiger partial charge in [0, 0.05) is 12.7 Å². The van der Waals surface area contributed by atoms with Crippen LogP contribution < -0.4 is 10.6 Å². The lowest BCUT2D eigenvalue weighted by molar-refractivity contribution is -0.140. The number of alkyl carbamates (subject to hydrolysis) is 1. The number of nitrogens with one attached hydrogen (secondary N) is 2. The third-order valence-corrected chi connectivity index (χ3v) is 6.38. The topological polar surface area (TPSA) is 87.7 Å². The number of nitrogens with zero attached hydrogens (tertiary/aromatic N) is 1. The number of rotatable bonds is 8. The molecule has 2 aromatic carbocycles. The molecule has 3 amide bonds. The van der Waals surface area contributed by atoms with Crippen molar-refractivity contribution >= 4 is 23.6 Å². The Morgan fingerprint density at radius 2 is 1.61 bits per heavy atom. The maximum absolute atomic E-state index is 13.8. The van der Waals surface area contributed by atoms with E-state index in [-0.39, 0.29) is 17.7 Å². The molecule has 0 saturated carbocycles. The monoisotopic (exact) mass is 495 g/mol. The number of ether oxygens (including phenoxy) is 1. The van der Waals surface area contributed by atoms with E-state index in [2.05, 4.69) is 10.6 Å². The zero-order valence-electron chi connectivity index (χ0n) is 23.1. The minimum Gasteiger partial charge on any atom is -0.444 e. The van der Waals surface area contributed by atoms with Crippen LogP contribution in [0.15, 0.2) is 42.5 Å². The molecule has 36 heavy (non-hydrogen) atoms. The summed E-state index contributed by atoms with van der Waals surface area (Å²) < 4.78 is 5.41. The number of likely N-dealkylation sites (N-methyl/N-ethyl adjacent to an activating group) is 1. The van der Waals surface area contributed by atoms with Crippen LogP contribution >= 0.6 is 0 Å². The number of benzene rings is 2. The van der Waals surface area contributed by atoms with Gasteiger partial charge in [-0.3, -0.25) is 9.59 Å². The van der Waals surface area contributed by atoms with Crippen LogP contribution in [0, 0.1) is 26.7 Å². The summed E-state index contributed by atoms with van der Waals surface area (Å²) in [4.78, 5) is 41.5. The fraction of sp³-hybridized carbons (Fsp3) is 0.483. The summed E-state index contributed by atoms with van der Waals surface area (Å²) in [7, 11) is 1.60. The van der Waals surface area contributed by atoms with E-state index >= 15 is 0 Å². The molecule has 0 saturated heterocycles. The first-order chi connectivity index (χ1) is 16.7. The molecule has 2 aromatic rings. The third kappa shape index (κ3) is 7.57. The highest BCUT2D eigenvalue weighted by Gasteiger charge is 2.36. The number of carbonyl (C=O) groups is 3. The SMILES string of the molecule is CCC(C)C(NC(=O)OC(C)(C)C)C(=O)N(C)C(C(=O)Nc1ccccc1C)c1ccc(C)c(C)c1. The maximum atomic E-state index is 13.8. The second-order valence-electron chi connectivity index (χ2n) is 10.5.